The van der Waals surface area contributed by atoms with Gasteiger partial charge in [-0.05, 0) is 18.9 Å². The molecule has 0 saturated carbocycles. The lowest BCUT2D eigenvalue weighted by Gasteiger charge is -2.31. The van der Waals surface area contributed by atoms with Crippen LogP contribution in [0.5, 0.6) is 0 Å². The largest absolute Gasteiger partial charge is 0.333 e. The van der Waals surface area contributed by atoms with E-state index < -0.39 is 0 Å². The summed E-state index contributed by atoms with van der Waals surface area (Å²) in [5, 5.41) is 2.98. The Morgan fingerprint density at radius 3 is 2.52 bits per heavy atom. The zero-order valence-corrected chi connectivity index (χ0v) is 15.3. The van der Waals surface area contributed by atoms with Gasteiger partial charge in [0.05, 0.1) is 23.9 Å². The second kappa shape index (κ2) is 7.30. The van der Waals surface area contributed by atoms with E-state index in [1.54, 1.807) is 11.9 Å². The van der Waals surface area contributed by atoms with Crippen molar-refractivity contribution in [3.8, 4) is 0 Å². The number of amides is 3. The van der Waals surface area contributed by atoms with Crippen LogP contribution in [0, 0.1) is 6.92 Å². The number of nitrogens with one attached hydrogen (secondary N) is 1. The highest BCUT2D eigenvalue weighted by molar-refractivity contribution is 6.01. The van der Waals surface area contributed by atoms with Gasteiger partial charge in [-0.3, -0.25) is 9.69 Å². The SMILES string of the molecule is CCCCCCN1CC2=C(C1=O)C(c1ccc(C)cc1)NC(=O)N2C. The van der Waals surface area contributed by atoms with E-state index >= 15 is 0 Å². The first kappa shape index (κ1) is 17.5. The molecule has 0 aliphatic carbocycles. The van der Waals surface area contributed by atoms with Gasteiger partial charge in [-0.15, -0.1) is 0 Å². The zero-order chi connectivity index (χ0) is 18.0. The van der Waals surface area contributed by atoms with E-state index in [1.165, 1.54) is 12.8 Å². The van der Waals surface area contributed by atoms with Crippen molar-refractivity contribution in [3.05, 3.63) is 46.7 Å². The molecule has 1 aromatic rings. The van der Waals surface area contributed by atoms with E-state index in [4.69, 9.17) is 0 Å². The summed E-state index contributed by atoms with van der Waals surface area (Å²) < 4.78 is 0. The Bertz CT molecular complexity index is 693. The summed E-state index contributed by atoms with van der Waals surface area (Å²) in [7, 11) is 1.74. The average molecular weight is 341 g/mol. The van der Waals surface area contributed by atoms with Crippen LogP contribution in [0.25, 0.3) is 0 Å². The maximum atomic E-state index is 13.0. The molecule has 1 aromatic carbocycles. The van der Waals surface area contributed by atoms with Crippen LogP contribution in [-0.2, 0) is 4.79 Å². The number of nitrogens with zero attached hydrogens (tertiary/aromatic N) is 2. The predicted octanol–water partition coefficient (Wildman–Crippen LogP) is 3.37. The lowest BCUT2D eigenvalue weighted by molar-refractivity contribution is -0.125. The van der Waals surface area contributed by atoms with Crippen LogP contribution in [0.1, 0.15) is 49.8 Å². The number of urea groups is 1. The molecule has 0 radical (unpaired) electrons. The van der Waals surface area contributed by atoms with E-state index in [0.717, 1.165) is 41.8 Å². The van der Waals surface area contributed by atoms with Crippen molar-refractivity contribution in [1.82, 2.24) is 15.1 Å². The summed E-state index contributed by atoms with van der Waals surface area (Å²) in [5.74, 6) is 0.0592. The molecule has 0 saturated heterocycles. The van der Waals surface area contributed by atoms with E-state index in [1.807, 2.05) is 36.1 Å². The van der Waals surface area contributed by atoms with Gasteiger partial charge in [-0.25, -0.2) is 4.79 Å². The summed E-state index contributed by atoms with van der Waals surface area (Å²) in [6.07, 6.45) is 4.53. The van der Waals surface area contributed by atoms with Crippen LogP contribution in [0.15, 0.2) is 35.5 Å². The molecule has 0 spiro atoms. The van der Waals surface area contributed by atoms with Gasteiger partial charge in [0.25, 0.3) is 5.91 Å². The number of benzene rings is 1. The molecular formula is C20H27N3O2. The van der Waals surface area contributed by atoms with Crippen molar-refractivity contribution in [1.29, 1.82) is 0 Å². The molecule has 3 amide bonds. The first-order valence-electron chi connectivity index (χ1n) is 9.16. The quantitative estimate of drug-likeness (QED) is 0.807. The van der Waals surface area contributed by atoms with Crippen LogP contribution >= 0.6 is 0 Å². The van der Waals surface area contributed by atoms with Crippen molar-refractivity contribution in [2.24, 2.45) is 0 Å². The molecule has 1 unspecified atom stereocenters. The van der Waals surface area contributed by atoms with Gasteiger partial charge in [0.15, 0.2) is 0 Å². The Hall–Kier alpha value is -2.30. The van der Waals surface area contributed by atoms with E-state index in [0.29, 0.717) is 6.54 Å². The van der Waals surface area contributed by atoms with Crippen molar-refractivity contribution >= 4 is 11.9 Å². The van der Waals surface area contributed by atoms with Crippen molar-refractivity contribution in [2.45, 2.75) is 45.6 Å². The fraction of sp³-hybridized carbons (Fsp3) is 0.500. The number of carbonyl (C=O) groups is 2. The first-order valence-corrected chi connectivity index (χ1v) is 9.16. The summed E-state index contributed by atoms with van der Waals surface area (Å²) in [6, 6.07) is 7.52. The monoisotopic (exact) mass is 341 g/mol. The Morgan fingerprint density at radius 1 is 1.12 bits per heavy atom. The maximum Gasteiger partial charge on any atom is 0.322 e. The number of carbonyl (C=O) groups excluding carboxylic acids is 2. The van der Waals surface area contributed by atoms with Gasteiger partial charge >= 0.3 is 6.03 Å². The fourth-order valence-corrected chi connectivity index (χ4v) is 3.54. The van der Waals surface area contributed by atoms with Crippen molar-refractivity contribution < 1.29 is 9.59 Å². The molecule has 1 atom stereocenters. The summed E-state index contributed by atoms with van der Waals surface area (Å²) in [4.78, 5) is 28.8. The zero-order valence-electron chi connectivity index (χ0n) is 15.3. The molecule has 5 heteroatoms. The van der Waals surface area contributed by atoms with Crippen LogP contribution < -0.4 is 5.32 Å². The summed E-state index contributed by atoms with van der Waals surface area (Å²) in [6.45, 7) is 5.50. The molecule has 2 aliphatic rings. The molecular weight excluding hydrogens is 314 g/mol. The molecule has 0 bridgehead atoms. The third-order valence-electron chi connectivity index (χ3n) is 5.13. The molecule has 134 valence electrons. The standard InChI is InChI=1S/C20H27N3O2/c1-4-5-6-7-12-23-13-16-17(19(23)24)18(21-20(25)22(16)3)15-10-8-14(2)9-11-15/h8-11,18H,4-7,12-13H2,1-3H3,(H,21,25). The summed E-state index contributed by atoms with van der Waals surface area (Å²) >= 11 is 0. The van der Waals surface area contributed by atoms with Crippen molar-refractivity contribution in [2.75, 3.05) is 20.1 Å². The molecule has 0 fully saturated rings. The fourth-order valence-electron chi connectivity index (χ4n) is 3.54. The van der Waals surface area contributed by atoms with Gasteiger partial charge in [0.1, 0.15) is 0 Å². The summed E-state index contributed by atoms with van der Waals surface area (Å²) in [5.41, 5.74) is 3.68. The Morgan fingerprint density at radius 2 is 1.84 bits per heavy atom. The minimum atomic E-state index is -0.354. The van der Waals surface area contributed by atoms with Gasteiger partial charge < -0.3 is 10.2 Å². The van der Waals surface area contributed by atoms with Gasteiger partial charge in [-0.1, -0.05) is 56.0 Å². The molecule has 0 aromatic heterocycles. The number of hydrogen-bond acceptors (Lipinski definition) is 2. The lowest BCUT2D eigenvalue weighted by Crippen LogP contribution is -2.45. The second-order valence-electron chi connectivity index (χ2n) is 7.00. The number of hydrogen-bond donors (Lipinski definition) is 1. The van der Waals surface area contributed by atoms with Crippen molar-refractivity contribution in [3.63, 3.8) is 0 Å². The van der Waals surface area contributed by atoms with Crippen LogP contribution in [0.2, 0.25) is 0 Å². The maximum absolute atomic E-state index is 13.0. The lowest BCUT2D eigenvalue weighted by atomic mass is 9.95. The minimum Gasteiger partial charge on any atom is -0.333 e. The Balaban J connectivity index is 1.83. The Kier molecular flexibility index (Phi) is 5.11. The molecule has 25 heavy (non-hydrogen) atoms. The van der Waals surface area contributed by atoms with E-state index in [2.05, 4.69) is 12.2 Å². The Labute approximate surface area is 149 Å². The number of aryl methyl sites for hydroxylation is 1. The van der Waals surface area contributed by atoms with Gasteiger partial charge in [-0.2, -0.15) is 0 Å². The highest BCUT2D eigenvalue weighted by atomic mass is 16.2. The van der Waals surface area contributed by atoms with E-state index in [-0.39, 0.29) is 18.0 Å². The van der Waals surface area contributed by atoms with Crippen LogP contribution in [-0.4, -0.2) is 41.9 Å². The number of unbranched alkanes of at least 4 members (excludes halogenated alkanes) is 3. The third kappa shape index (κ3) is 3.41. The van der Waals surface area contributed by atoms with Gasteiger partial charge in [0.2, 0.25) is 0 Å². The molecule has 1 N–H and O–H groups in total. The van der Waals surface area contributed by atoms with E-state index in [9.17, 15) is 9.59 Å². The minimum absolute atomic E-state index is 0.0592. The van der Waals surface area contributed by atoms with Crippen LogP contribution in [0.3, 0.4) is 0 Å². The highest BCUT2D eigenvalue weighted by Crippen LogP contribution is 2.35. The molecule has 3 rings (SSSR count). The number of rotatable bonds is 6. The molecule has 2 heterocycles. The highest BCUT2D eigenvalue weighted by Gasteiger charge is 2.42. The average Bonchev–Trinajstić information content (AvgIpc) is 2.93. The first-order chi connectivity index (χ1) is 12.0. The topological polar surface area (TPSA) is 52.7 Å². The third-order valence-corrected chi connectivity index (χ3v) is 5.13. The smallest absolute Gasteiger partial charge is 0.322 e. The molecule has 5 nitrogen and oxygen atoms in total. The molecule has 2 aliphatic heterocycles. The second-order valence-corrected chi connectivity index (χ2v) is 7.00. The normalized spacial score (nSPS) is 20.2. The predicted molar refractivity (Wildman–Crippen MR) is 98.0 cm³/mol. The van der Waals surface area contributed by atoms with Crippen LogP contribution in [0.4, 0.5) is 4.79 Å². The van der Waals surface area contributed by atoms with Gasteiger partial charge in [0, 0.05) is 13.6 Å². The number of likely N-dealkylation sites (N-methyl/N-ethyl adjacent to an activating group) is 1.